The molecule has 1 aromatic rings. The van der Waals surface area contributed by atoms with Gasteiger partial charge in [0.1, 0.15) is 12.1 Å². The molecule has 8 heteroatoms. The van der Waals surface area contributed by atoms with Crippen molar-refractivity contribution in [3.63, 3.8) is 0 Å². The quantitative estimate of drug-likeness (QED) is 0.734. The highest BCUT2D eigenvalue weighted by Crippen LogP contribution is 2.38. The minimum atomic E-state index is -0.855. The molecule has 2 N–H and O–H groups in total. The first-order chi connectivity index (χ1) is 13.9. The highest BCUT2D eigenvalue weighted by Gasteiger charge is 2.55. The lowest BCUT2D eigenvalue weighted by Crippen LogP contribution is -2.54. The lowest BCUT2D eigenvalue weighted by molar-refractivity contribution is -0.136. The van der Waals surface area contributed by atoms with Crippen molar-refractivity contribution in [2.75, 3.05) is 29.9 Å². The first kappa shape index (κ1) is 20.0. The van der Waals surface area contributed by atoms with Crippen LogP contribution in [-0.2, 0) is 9.59 Å². The first-order valence-electron chi connectivity index (χ1n) is 10.4. The Bertz CT molecular complexity index is 839. The van der Waals surface area contributed by atoms with Gasteiger partial charge in [-0.25, -0.2) is 4.79 Å². The molecule has 156 valence electrons. The Balaban J connectivity index is 1.48. The lowest BCUT2D eigenvalue weighted by Gasteiger charge is -2.36. The molecule has 3 aliphatic rings. The van der Waals surface area contributed by atoms with Gasteiger partial charge in [-0.1, -0.05) is 31.4 Å². The number of hydrogen-bond acceptors (Lipinski definition) is 4. The molecule has 0 aromatic heterocycles. The molecule has 0 radical (unpaired) electrons. The highest BCUT2D eigenvalue weighted by molar-refractivity contribution is 6.31. The van der Waals surface area contributed by atoms with Crippen molar-refractivity contribution in [1.29, 1.82) is 0 Å². The van der Waals surface area contributed by atoms with Crippen molar-refractivity contribution in [1.82, 2.24) is 10.2 Å². The molecule has 2 heterocycles. The van der Waals surface area contributed by atoms with Gasteiger partial charge in [0.25, 0.3) is 5.91 Å². The molecule has 1 saturated carbocycles. The number of amides is 4. The Morgan fingerprint density at radius 1 is 1.24 bits per heavy atom. The lowest BCUT2D eigenvalue weighted by atomic mass is 9.73. The van der Waals surface area contributed by atoms with Gasteiger partial charge in [-0.2, -0.15) is 0 Å². The third kappa shape index (κ3) is 3.68. The van der Waals surface area contributed by atoms with Crippen molar-refractivity contribution >= 4 is 40.8 Å². The van der Waals surface area contributed by atoms with Crippen LogP contribution in [0.5, 0.6) is 0 Å². The van der Waals surface area contributed by atoms with Gasteiger partial charge in [0.05, 0.1) is 11.4 Å². The maximum absolute atomic E-state index is 13.1. The fourth-order valence-electron chi connectivity index (χ4n) is 4.81. The SMILES string of the molecule is CC1CCCCC12NC(=O)N(CC(=O)Nc1cc(Cl)ccc1N1CCCC1)C2=O. The largest absolute Gasteiger partial charge is 0.370 e. The van der Waals surface area contributed by atoms with Crippen molar-refractivity contribution in [2.45, 2.75) is 51.0 Å². The maximum atomic E-state index is 13.1. The summed E-state index contributed by atoms with van der Waals surface area (Å²) in [5, 5.41) is 6.26. The van der Waals surface area contributed by atoms with E-state index in [1.807, 2.05) is 13.0 Å². The average Bonchev–Trinajstić information content (AvgIpc) is 3.28. The van der Waals surface area contributed by atoms with Crippen LogP contribution in [0.25, 0.3) is 0 Å². The van der Waals surface area contributed by atoms with Crippen LogP contribution in [0.2, 0.25) is 5.02 Å². The molecule has 1 aliphatic carbocycles. The molecule has 29 heavy (non-hydrogen) atoms. The van der Waals surface area contributed by atoms with E-state index in [0.29, 0.717) is 17.1 Å². The summed E-state index contributed by atoms with van der Waals surface area (Å²) in [6, 6.07) is 4.93. The van der Waals surface area contributed by atoms with Crippen LogP contribution in [-0.4, -0.2) is 47.9 Å². The smallest absolute Gasteiger partial charge is 0.325 e. The minimum Gasteiger partial charge on any atom is -0.370 e. The summed E-state index contributed by atoms with van der Waals surface area (Å²) in [6.07, 6.45) is 5.70. The fourth-order valence-corrected chi connectivity index (χ4v) is 4.99. The number of hydrogen-bond donors (Lipinski definition) is 2. The second-order valence-corrected chi connectivity index (χ2v) is 8.78. The predicted octanol–water partition coefficient (Wildman–Crippen LogP) is 3.38. The van der Waals surface area contributed by atoms with Crippen molar-refractivity contribution < 1.29 is 14.4 Å². The Morgan fingerprint density at radius 3 is 2.72 bits per heavy atom. The molecule has 3 fully saturated rings. The molecular weight excluding hydrogens is 392 g/mol. The number of carbonyl (C=O) groups excluding carboxylic acids is 3. The number of urea groups is 1. The van der Waals surface area contributed by atoms with Gasteiger partial charge in [0, 0.05) is 18.1 Å². The summed E-state index contributed by atoms with van der Waals surface area (Å²) in [6.45, 7) is 3.55. The van der Waals surface area contributed by atoms with Crippen LogP contribution in [0.3, 0.4) is 0 Å². The van der Waals surface area contributed by atoms with Gasteiger partial charge in [0.15, 0.2) is 0 Å². The van der Waals surface area contributed by atoms with Gasteiger partial charge >= 0.3 is 6.03 Å². The number of nitrogens with one attached hydrogen (secondary N) is 2. The monoisotopic (exact) mass is 418 g/mol. The van der Waals surface area contributed by atoms with E-state index in [-0.39, 0.29) is 18.4 Å². The van der Waals surface area contributed by atoms with E-state index in [9.17, 15) is 14.4 Å². The summed E-state index contributed by atoms with van der Waals surface area (Å²) in [4.78, 5) is 41.6. The molecule has 4 rings (SSSR count). The van der Waals surface area contributed by atoms with Crippen LogP contribution in [0.15, 0.2) is 18.2 Å². The minimum absolute atomic E-state index is 0.0652. The molecule has 4 amide bonds. The number of halogens is 1. The van der Waals surface area contributed by atoms with E-state index in [1.54, 1.807) is 12.1 Å². The van der Waals surface area contributed by atoms with Crippen LogP contribution in [0.1, 0.15) is 45.4 Å². The summed E-state index contributed by atoms with van der Waals surface area (Å²) < 4.78 is 0. The normalized spacial score (nSPS) is 26.9. The molecule has 7 nitrogen and oxygen atoms in total. The van der Waals surface area contributed by atoms with E-state index in [4.69, 9.17) is 11.6 Å². The van der Waals surface area contributed by atoms with Crippen LogP contribution >= 0.6 is 11.6 Å². The van der Waals surface area contributed by atoms with Crippen molar-refractivity contribution in [3.05, 3.63) is 23.2 Å². The summed E-state index contributed by atoms with van der Waals surface area (Å²) in [7, 11) is 0. The van der Waals surface area contributed by atoms with E-state index in [0.717, 1.165) is 55.8 Å². The topological polar surface area (TPSA) is 81.8 Å². The van der Waals surface area contributed by atoms with E-state index in [2.05, 4.69) is 15.5 Å². The van der Waals surface area contributed by atoms with E-state index >= 15 is 0 Å². The second kappa shape index (κ2) is 7.86. The van der Waals surface area contributed by atoms with E-state index < -0.39 is 17.5 Å². The van der Waals surface area contributed by atoms with Crippen molar-refractivity contribution in [3.8, 4) is 0 Å². The zero-order valence-corrected chi connectivity index (χ0v) is 17.4. The van der Waals surface area contributed by atoms with Crippen LogP contribution in [0, 0.1) is 5.92 Å². The number of imide groups is 1. The zero-order chi connectivity index (χ0) is 20.6. The molecule has 2 atom stereocenters. The van der Waals surface area contributed by atoms with E-state index in [1.165, 1.54) is 0 Å². The molecule has 1 spiro atoms. The Morgan fingerprint density at radius 2 is 2.00 bits per heavy atom. The Labute approximate surface area is 175 Å². The van der Waals surface area contributed by atoms with Gasteiger partial charge in [-0.3, -0.25) is 14.5 Å². The van der Waals surface area contributed by atoms with Gasteiger partial charge < -0.3 is 15.5 Å². The second-order valence-electron chi connectivity index (χ2n) is 8.34. The standard InChI is InChI=1S/C21H27ClN4O3/c1-14-6-2-3-9-21(14)19(28)26(20(29)24-21)13-18(27)23-16-12-15(22)7-8-17(16)25-10-4-5-11-25/h7-8,12,14H,2-6,9-11,13H2,1H3,(H,23,27)(H,24,29). The molecule has 2 unspecified atom stereocenters. The fraction of sp³-hybridized carbons (Fsp3) is 0.571. The number of rotatable bonds is 4. The average molecular weight is 419 g/mol. The van der Waals surface area contributed by atoms with Gasteiger partial charge in [-0.05, 0) is 49.8 Å². The Hall–Kier alpha value is -2.28. The molecule has 1 aromatic carbocycles. The van der Waals surface area contributed by atoms with Crippen molar-refractivity contribution in [2.24, 2.45) is 5.92 Å². The molecule has 2 saturated heterocycles. The number of anilines is 2. The maximum Gasteiger partial charge on any atom is 0.325 e. The summed E-state index contributed by atoms with van der Waals surface area (Å²) in [5.41, 5.74) is 0.666. The number of benzene rings is 1. The third-order valence-corrected chi connectivity index (χ3v) is 6.72. The summed E-state index contributed by atoms with van der Waals surface area (Å²) in [5.74, 6) is -0.622. The van der Waals surface area contributed by atoms with Crippen LogP contribution < -0.4 is 15.5 Å². The number of nitrogens with zero attached hydrogens (tertiary/aromatic N) is 2. The molecular formula is C21H27ClN4O3. The summed E-state index contributed by atoms with van der Waals surface area (Å²) >= 11 is 6.14. The third-order valence-electron chi connectivity index (χ3n) is 6.48. The van der Waals surface area contributed by atoms with Crippen LogP contribution in [0.4, 0.5) is 16.2 Å². The zero-order valence-electron chi connectivity index (χ0n) is 16.7. The first-order valence-corrected chi connectivity index (χ1v) is 10.8. The highest BCUT2D eigenvalue weighted by atomic mass is 35.5. The molecule has 0 bridgehead atoms. The number of carbonyl (C=O) groups is 3. The van der Waals surface area contributed by atoms with Gasteiger partial charge in [0.2, 0.25) is 5.91 Å². The molecule has 2 aliphatic heterocycles. The Kier molecular flexibility index (Phi) is 5.42. The van der Waals surface area contributed by atoms with Gasteiger partial charge in [-0.15, -0.1) is 0 Å². The predicted molar refractivity (Wildman–Crippen MR) is 112 cm³/mol.